The van der Waals surface area contributed by atoms with Crippen molar-refractivity contribution >= 4 is 16.5 Å². The molecule has 0 saturated carbocycles. The van der Waals surface area contributed by atoms with E-state index in [0.29, 0.717) is 24.1 Å². The second-order valence-electron chi connectivity index (χ2n) is 4.71. The summed E-state index contributed by atoms with van der Waals surface area (Å²) in [5.74, 6) is -1.30. The number of fused-ring (bicyclic) bond motifs is 1. The van der Waals surface area contributed by atoms with Crippen LogP contribution in [-0.4, -0.2) is 11.5 Å². The van der Waals surface area contributed by atoms with Crippen molar-refractivity contribution in [2.24, 2.45) is 0 Å². The highest BCUT2D eigenvalue weighted by atomic mass is 32.1. The zero-order valence-corrected chi connectivity index (χ0v) is 11.4. The minimum absolute atomic E-state index is 0.148. The lowest BCUT2D eigenvalue weighted by molar-refractivity contribution is -0.140. The van der Waals surface area contributed by atoms with Gasteiger partial charge in [0.1, 0.15) is 11.6 Å². The number of hydrogen-bond acceptors (Lipinski definition) is 3. The number of hydrogen-bond donors (Lipinski definition) is 0. The molecule has 0 amide bonds. The van der Waals surface area contributed by atoms with Crippen molar-refractivity contribution in [3.05, 3.63) is 46.0 Å². The highest BCUT2D eigenvalue weighted by Gasteiger charge is 2.34. The van der Waals surface area contributed by atoms with E-state index in [0.717, 1.165) is 22.8 Å². The molecule has 1 aliphatic heterocycles. The molecule has 8 heteroatoms. The van der Waals surface area contributed by atoms with Gasteiger partial charge in [0.05, 0.1) is 0 Å². The van der Waals surface area contributed by atoms with Crippen LogP contribution in [0.25, 0.3) is 0 Å². The Kier molecular flexibility index (Phi) is 3.35. The van der Waals surface area contributed by atoms with Gasteiger partial charge in [-0.2, -0.15) is 13.2 Å². The number of aromatic nitrogens is 1. The van der Waals surface area contributed by atoms with Crippen LogP contribution in [0.2, 0.25) is 0 Å². The van der Waals surface area contributed by atoms with E-state index in [1.165, 1.54) is 6.07 Å². The summed E-state index contributed by atoms with van der Waals surface area (Å²) >= 11 is 0.873. The summed E-state index contributed by atoms with van der Waals surface area (Å²) in [5.41, 5.74) is -0.0820. The number of benzene rings is 1. The zero-order valence-electron chi connectivity index (χ0n) is 10.5. The summed E-state index contributed by atoms with van der Waals surface area (Å²) in [5, 5.41) is 1.15. The van der Waals surface area contributed by atoms with E-state index in [2.05, 4.69) is 4.98 Å². The summed E-state index contributed by atoms with van der Waals surface area (Å²) in [6.07, 6.45) is -4.18. The van der Waals surface area contributed by atoms with Crippen molar-refractivity contribution in [2.45, 2.75) is 19.1 Å². The van der Waals surface area contributed by atoms with Gasteiger partial charge in [0, 0.05) is 24.5 Å². The molecule has 0 atom stereocenters. The third kappa shape index (κ3) is 2.72. The minimum atomic E-state index is -4.49. The molecule has 2 heterocycles. The number of anilines is 1. The van der Waals surface area contributed by atoms with Crippen molar-refractivity contribution in [1.82, 2.24) is 4.98 Å². The molecule has 0 unspecified atom stereocenters. The van der Waals surface area contributed by atoms with Gasteiger partial charge >= 0.3 is 6.18 Å². The summed E-state index contributed by atoms with van der Waals surface area (Å²) in [4.78, 5) is 5.15. The number of thiazole rings is 1. The molecule has 1 aliphatic rings. The van der Waals surface area contributed by atoms with Crippen LogP contribution in [0.5, 0.6) is 0 Å². The molecule has 2 nitrogen and oxygen atoms in total. The molecule has 0 radical (unpaired) electrons. The van der Waals surface area contributed by atoms with Crippen LogP contribution in [-0.2, 0) is 19.1 Å². The topological polar surface area (TPSA) is 16.1 Å². The molecule has 0 aliphatic carbocycles. The first-order chi connectivity index (χ1) is 9.84. The Bertz CT molecular complexity index is 680. The molecule has 0 N–H and O–H groups in total. The van der Waals surface area contributed by atoms with E-state index in [-0.39, 0.29) is 11.7 Å². The summed E-state index contributed by atoms with van der Waals surface area (Å²) in [6, 6.07) is 2.03. The largest absolute Gasteiger partial charge is 0.434 e. The van der Waals surface area contributed by atoms with Gasteiger partial charge in [-0.25, -0.2) is 13.8 Å². The molecule has 0 spiro atoms. The fraction of sp³-hybridized carbons (Fsp3) is 0.308. The summed E-state index contributed by atoms with van der Waals surface area (Å²) in [6.45, 7) is 0.495. The van der Waals surface area contributed by atoms with Crippen LogP contribution in [0, 0.1) is 11.6 Å². The third-order valence-electron chi connectivity index (χ3n) is 3.30. The number of halogens is 5. The standard InChI is InChI=1S/C13H9F5N2S/c14-8-3-7-5-20(2-1-9(7)10(15)4-8)12-19-11(6-21-12)13(16,17)18/h3-4,6H,1-2,5H2. The van der Waals surface area contributed by atoms with Crippen LogP contribution in [0.15, 0.2) is 17.5 Å². The Hall–Kier alpha value is -1.70. The van der Waals surface area contributed by atoms with Gasteiger partial charge in [0.2, 0.25) is 0 Å². The molecule has 3 rings (SSSR count). The van der Waals surface area contributed by atoms with E-state index in [1.54, 1.807) is 4.90 Å². The molecule has 112 valence electrons. The van der Waals surface area contributed by atoms with E-state index >= 15 is 0 Å². The van der Waals surface area contributed by atoms with E-state index in [9.17, 15) is 22.0 Å². The Morgan fingerprint density at radius 2 is 1.95 bits per heavy atom. The Morgan fingerprint density at radius 1 is 1.19 bits per heavy atom. The SMILES string of the molecule is Fc1cc(F)c2c(c1)CN(c1nc(C(F)(F)F)cs1)CC2. The first kappa shape index (κ1) is 14.2. The lowest BCUT2D eigenvalue weighted by Crippen LogP contribution is -2.31. The zero-order chi connectivity index (χ0) is 15.2. The second-order valence-corrected chi connectivity index (χ2v) is 5.55. The van der Waals surface area contributed by atoms with Gasteiger partial charge in [-0.05, 0) is 23.6 Å². The maximum Gasteiger partial charge on any atom is 0.434 e. The Morgan fingerprint density at radius 3 is 2.62 bits per heavy atom. The quantitative estimate of drug-likeness (QED) is 0.738. The number of nitrogens with zero attached hydrogens (tertiary/aromatic N) is 2. The van der Waals surface area contributed by atoms with Gasteiger partial charge in [-0.1, -0.05) is 0 Å². The predicted octanol–water partition coefficient (Wildman–Crippen LogP) is 4.00. The average Bonchev–Trinajstić information content (AvgIpc) is 2.87. The first-order valence-corrected chi connectivity index (χ1v) is 6.97. The lowest BCUT2D eigenvalue weighted by atomic mass is 9.99. The lowest BCUT2D eigenvalue weighted by Gasteiger charge is -2.28. The molecule has 1 aromatic carbocycles. The van der Waals surface area contributed by atoms with Gasteiger partial charge < -0.3 is 4.90 Å². The third-order valence-corrected chi connectivity index (χ3v) is 4.20. The van der Waals surface area contributed by atoms with Crippen molar-refractivity contribution in [3.8, 4) is 0 Å². The predicted molar refractivity (Wildman–Crippen MR) is 68.2 cm³/mol. The van der Waals surface area contributed by atoms with E-state index in [1.807, 2.05) is 0 Å². The van der Waals surface area contributed by atoms with Gasteiger partial charge in [-0.3, -0.25) is 0 Å². The van der Waals surface area contributed by atoms with Crippen molar-refractivity contribution < 1.29 is 22.0 Å². The van der Waals surface area contributed by atoms with Crippen LogP contribution in [0.4, 0.5) is 27.1 Å². The second kappa shape index (κ2) is 4.94. The van der Waals surface area contributed by atoms with E-state index in [4.69, 9.17) is 0 Å². The fourth-order valence-corrected chi connectivity index (χ4v) is 3.17. The fourth-order valence-electron chi connectivity index (χ4n) is 2.31. The Balaban J connectivity index is 1.88. The highest BCUT2D eigenvalue weighted by molar-refractivity contribution is 7.13. The van der Waals surface area contributed by atoms with Crippen LogP contribution < -0.4 is 4.90 Å². The molecular formula is C13H9F5N2S. The molecule has 2 aromatic rings. The smallest absolute Gasteiger partial charge is 0.343 e. The Labute approximate surface area is 120 Å². The van der Waals surface area contributed by atoms with Gasteiger partial charge in [-0.15, -0.1) is 11.3 Å². The summed E-state index contributed by atoms with van der Waals surface area (Å²) in [7, 11) is 0. The minimum Gasteiger partial charge on any atom is -0.343 e. The average molecular weight is 320 g/mol. The number of rotatable bonds is 1. The number of alkyl halides is 3. The maximum absolute atomic E-state index is 13.6. The van der Waals surface area contributed by atoms with Gasteiger partial charge in [0.25, 0.3) is 0 Å². The van der Waals surface area contributed by atoms with Gasteiger partial charge in [0.15, 0.2) is 10.8 Å². The van der Waals surface area contributed by atoms with Crippen molar-refractivity contribution in [3.63, 3.8) is 0 Å². The van der Waals surface area contributed by atoms with Crippen molar-refractivity contribution in [2.75, 3.05) is 11.4 Å². The molecule has 0 bridgehead atoms. The monoisotopic (exact) mass is 320 g/mol. The molecule has 0 fully saturated rings. The molecular weight excluding hydrogens is 311 g/mol. The highest BCUT2D eigenvalue weighted by Crippen LogP contribution is 2.34. The molecule has 0 saturated heterocycles. The van der Waals surface area contributed by atoms with Crippen LogP contribution in [0.1, 0.15) is 16.8 Å². The summed E-state index contributed by atoms with van der Waals surface area (Å²) < 4.78 is 64.4. The first-order valence-electron chi connectivity index (χ1n) is 6.09. The van der Waals surface area contributed by atoms with Crippen LogP contribution >= 0.6 is 11.3 Å². The molecule has 1 aromatic heterocycles. The van der Waals surface area contributed by atoms with Crippen molar-refractivity contribution in [1.29, 1.82) is 0 Å². The van der Waals surface area contributed by atoms with E-state index < -0.39 is 23.5 Å². The molecule has 21 heavy (non-hydrogen) atoms. The van der Waals surface area contributed by atoms with Crippen LogP contribution in [0.3, 0.4) is 0 Å². The maximum atomic E-state index is 13.6. The normalized spacial score (nSPS) is 15.2.